The van der Waals surface area contributed by atoms with E-state index in [0.717, 1.165) is 113 Å². The first-order valence-electron chi connectivity index (χ1n) is 33.8. The number of ether oxygens (including phenoxy) is 4. The van der Waals surface area contributed by atoms with Gasteiger partial charge in [-0.3, -0.25) is 0 Å². The van der Waals surface area contributed by atoms with Crippen LogP contribution in [0.5, 0.6) is 11.5 Å². The number of para-hydroxylation sites is 2. The summed E-state index contributed by atoms with van der Waals surface area (Å²) in [6, 6.07) is 86.3. The van der Waals surface area contributed by atoms with Crippen molar-refractivity contribution in [3.05, 3.63) is 346 Å². The van der Waals surface area contributed by atoms with Crippen molar-refractivity contribution in [1.29, 1.82) is 0 Å². The van der Waals surface area contributed by atoms with Crippen molar-refractivity contribution < 1.29 is 36.5 Å². The van der Waals surface area contributed by atoms with Crippen LogP contribution in [0.3, 0.4) is 0 Å². The van der Waals surface area contributed by atoms with Crippen molar-refractivity contribution in [2.45, 2.75) is 51.4 Å². The Hall–Kier alpha value is -10.5. The molecular formula is C88H72F4N2O4. The summed E-state index contributed by atoms with van der Waals surface area (Å²) in [6.45, 7) is 12.4. The van der Waals surface area contributed by atoms with Crippen molar-refractivity contribution in [3.8, 4) is 44.9 Å². The van der Waals surface area contributed by atoms with Gasteiger partial charge in [0.05, 0.1) is 61.3 Å². The number of hydrogen-bond donors (Lipinski definition) is 0. The van der Waals surface area contributed by atoms with Gasteiger partial charge in [0, 0.05) is 22.7 Å². The third-order valence-electron chi connectivity index (χ3n) is 21.2. The fraction of sp³-hybridized carbons (Fsp3) is 0.182. The highest BCUT2D eigenvalue weighted by Gasteiger charge is 2.49. The van der Waals surface area contributed by atoms with Crippen LogP contribution >= 0.6 is 0 Å². The Morgan fingerprint density at radius 2 is 0.653 bits per heavy atom. The zero-order valence-electron chi connectivity index (χ0n) is 55.1. The lowest BCUT2D eigenvalue weighted by Crippen LogP contribution is -2.46. The van der Waals surface area contributed by atoms with Crippen LogP contribution in [-0.2, 0) is 20.3 Å². The molecule has 2 saturated heterocycles. The van der Waals surface area contributed by atoms with Crippen molar-refractivity contribution in [2.75, 3.05) is 49.4 Å². The number of anilines is 6. The lowest BCUT2D eigenvalue weighted by Gasteiger charge is -2.40. The van der Waals surface area contributed by atoms with E-state index in [1.807, 2.05) is 84.9 Å². The van der Waals surface area contributed by atoms with E-state index in [1.165, 1.54) is 36.4 Å². The van der Waals surface area contributed by atoms with E-state index < -0.39 is 34.1 Å². The Morgan fingerprint density at radius 3 is 0.980 bits per heavy atom. The summed E-state index contributed by atoms with van der Waals surface area (Å²) < 4.78 is 91.0. The molecule has 12 aromatic rings. The number of rotatable bonds is 19. The topological polar surface area (TPSA) is 43.4 Å². The SMILES string of the molecule is CCC1(COc2ccc(C3(c4ccc(C)cc4)c4ccccc4-c4ccc(N(c5ccc(-c6ccc(N(c7ccc8c(c7)C(c7ccc(C)cc7)(c7ccc(OCC9(CC)COC9)cc7)c7ccccc7-8)c7c(F)cccc7F)cc6)cc5)c5c(F)cccc5F)cc43)cc2)COC1. The van der Waals surface area contributed by atoms with Crippen LogP contribution in [0.15, 0.2) is 267 Å². The largest absolute Gasteiger partial charge is 0.493 e. The van der Waals surface area contributed by atoms with Gasteiger partial charge in [-0.15, -0.1) is 0 Å². The summed E-state index contributed by atoms with van der Waals surface area (Å²) in [5, 5.41) is 0. The standard InChI is InChI=1S/C88H72F4N2O4/c1-5-85(51-95-52-85)55-97-69-43-33-63(34-44-69)87(61-29-21-57(3)22-30-61)75-15-9-7-13-71(75)73-47-41-67(49-77(73)87)93(83-79(89)17-11-18-80(83)90)65-37-25-59(26-38-65)60-27-39-66(40-28-60)94(84-81(91)19-12-20-82(84)92)68-42-48-74-72-14-8-10-16-76(72)88(78(74)50-68,62-31-23-58(4)24-32-62)64-35-45-70(46-36-64)98-56-86(6-2)53-96-54-86/h7-50H,5-6,51-56H2,1-4H3. The van der Waals surface area contributed by atoms with E-state index in [9.17, 15) is 0 Å². The van der Waals surface area contributed by atoms with Gasteiger partial charge in [-0.1, -0.05) is 195 Å². The average Bonchev–Trinajstić information content (AvgIpc) is 1.57. The Bertz CT molecular complexity index is 4610. The van der Waals surface area contributed by atoms with Gasteiger partial charge >= 0.3 is 0 Å². The van der Waals surface area contributed by atoms with Crippen LogP contribution in [0.25, 0.3) is 33.4 Å². The highest BCUT2D eigenvalue weighted by atomic mass is 19.1. The molecule has 0 aromatic heterocycles. The lowest BCUT2D eigenvalue weighted by atomic mass is 9.67. The molecule has 10 heteroatoms. The predicted octanol–water partition coefficient (Wildman–Crippen LogP) is 21.8. The number of nitrogens with zero attached hydrogens (tertiary/aromatic N) is 2. The van der Waals surface area contributed by atoms with Crippen LogP contribution in [0, 0.1) is 47.9 Å². The van der Waals surface area contributed by atoms with E-state index in [4.69, 9.17) is 18.9 Å². The maximum Gasteiger partial charge on any atom is 0.150 e. The molecule has 12 aromatic carbocycles. The monoisotopic (exact) mass is 1300 g/mol. The van der Waals surface area contributed by atoms with Crippen LogP contribution in [0.4, 0.5) is 51.7 Å². The molecule has 0 amide bonds. The van der Waals surface area contributed by atoms with Crippen molar-refractivity contribution in [2.24, 2.45) is 10.8 Å². The molecule has 16 rings (SSSR count). The highest BCUT2D eigenvalue weighted by Crippen LogP contribution is 2.60. The maximum atomic E-state index is 16.7. The minimum atomic E-state index is -0.852. The van der Waals surface area contributed by atoms with Crippen LogP contribution in [0.2, 0.25) is 0 Å². The molecule has 2 aliphatic heterocycles. The maximum absolute atomic E-state index is 16.7. The highest BCUT2D eigenvalue weighted by molar-refractivity contribution is 5.92. The summed E-state index contributed by atoms with van der Waals surface area (Å²) in [7, 11) is 0. The Morgan fingerprint density at radius 1 is 0.337 bits per heavy atom. The molecule has 2 heterocycles. The average molecular weight is 1300 g/mol. The second-order valence-corrected chi connectivity index (χ2v) is 27.0. The van der Waals surface area contributed by atoms with Crippen LogP contribution < -0.4 is 19.3 Å². The third kappa shape index (κ3) is 10.3. The first-order chi connectivity index (χ1) is 47.8. The summed E-state index contributed by atoms with van der Waals surface area (Å²) in [5.74, 6) is -1.37. The van der Waals surface area contributed by atoms with Gasteiger partial charge in [-0.25, -0.2) is 17.6 Å². The summed E-state index contributed by atoms with van der Waals surface area (Å²) in [6.07, 6.45) is 1.92. The Balaban J connectivity index is 0.775. The van der Waals surface area contributed by atoms with Gasteiger partial charge in [0.1, 0.15) is 46.1 Å². The number of aryl methyl sites for hydroxylation is 2. The quantitative estimate of drug-likeness (QED) is 0.0752. The van der Waals surface area contributed by atoms with E-state index in [0.29, 0.717) is 62.4 Å². The van der Waals surface area contributed by atoms with Crippen LogP contribution in [-0.4, -0.2) is 39.6 Å². The molecule has 6 nitrogen and oxygen atoms in total. The minimum absolute atomic E-state index is 0.00329. The van der Waals surface area contributed by atoms with E-state index >= 15 is 17.6 Å². The van der Waals surface area contributed by atoms with Crippen LogP contribution in [0.1, 0.15) is 82.3 Å². The number of fused-ring (bicyclic) bond motifs is 6. The number of benzene rings is 12. The molecule has 2 unspecified atom stereocenters. The van der Waals surface area contributed by atoms with Crippen molar-refractivity contribution in [1.82, 2.24) is 0 Å². The smallest absolute Gasteiger partial charge is 0.150 e. The summed E-state index contributed by atoms with van der Waals surface area (Å²) in [4.78, 5) is 3.32. The molecule has 2 atom stereocenters. The molecule has 0 saturated carbocycles. The van der Waals surface area contributed by atoms with Gasteiger partial charge in [0.2, 0.25) is 0 Å². The van der Waals surface area contributed by atoms with Gasteiger partial charge in [0.15, 0.2) is 0 Å². The van der Waals surface area contributed by atoms with Gasteiger partial charge in [0.25, 0.3) is 0 Å². The molecule has 98 heavy (non-hydrogen) atoms. The Labute approximate surface area is 570 Å². The zero-order chi connectivity index (χ0) is 66.9. The van der Waals surface area contributed by atoms with Gasteiger partial charge in [-0.05, 0) is 202 Å². The molecule has 2 fully saturated rings. The van der Waals surface area contributed by atoms with E-state index in [1.54, 1.807) is 9.80 Å². The molecular weight excluding hydrogens is 1220 g/mol. The van der Waals surface area contributed by atoms with Crippen molar-refractivity contribution >= 4 is 34.1 Å². The number of hydrogen-bond acceptors (Lipinski definition) is 6. The predicted molar refractivity (Wildman–Crippen MR) is 383 cm³/mol. The molecule has 486 valence electrons. The fourth-order valence-electron chi connectivity index (χ4n) is 15.5. The van der Waals surface area contributed by atoms with Gasteiger partial charge in [-0.2, -0.15) is 0 Å². The molecule has 4 aliphatic rings. The molecule has 2 aliphatic carbocycles. The van der Waals surface area contributed by atoms with E-state index in [-0.39, 0.29) is 22.2 Å². The number of halogens is 4. The normalized spacial score (nSPS) is 17.3. The minimum Gasteiger partial charge on any atom is -0.493 e. The second-order valence-electron chi connectivity index (χ2n) is 27.0. The summed E-state index contributed by atoms with van der Waals surface area (Å²) >= 11 is 0. The molecule has 0 spiro atoms. The molecule has 0 N–H and O–H groups in total. The first-order valence-corrected chi connectivity index (χ1v) is 33.8. The summed E-state index contributed by atoms with van der Waals surface area (Å²) in [5.41, 5.74) is 16.2. The first kappa shape index (κ1) is 62.3. The molecule has 0 bridgehead atoms. The second kappa shape index (κ2) is 24.8. The van der Waals surface area contributed by atoms with Gasteiger partial charge < -0.3 is 28.7 Å². The zero-order valence-corrected chi connectivity index (χ0v) is 55.1. The fourth-order valence-corrected chi connectivity index (χ4v) is 15.5. The lowest BCUT2D eigenvalue weighted by molar-refractivity contribution is -0.133. The Kier molecular flexibility index (Phi) is 15.8. The van der Waals surface area contributed by atoms with E-state index in [2.05, 4.69) is 173 Å². The third-order valence-corrected chi connectivity index (χ3v) is 21.2. The van der Waals surface area contributed by atoms with Crippen molar-refractivity contribution in [3.63, 3.8) is 0 Å². The molecule has 0 radical (unpaired) electrons.